The monoisotopic (exact) mass is 331 g/mol. The average Bonchev–Trinajstić information content (AvgIpc) is 2.59. The zero-order valence-electron chi connectivity index (χ0n) is 13.0. The summed E-state index contributed by atoms with van der Waals surface area (Å²) >= 11 is 0. The zero-order valence-corrected chi connectivity index (χ0v) is 13.0. The van der Waals surface area contributed by atoms with E-state index in [0.29, 0.717) is 12.0 Å². The van der Waals surface area contributed by atoms with Gasteiger partial charge in [0.1, 0.15) is 0 Å². The quantitative estimate of drug-likeness (QED) is 0.713. The topological polar surface area (TPSA) is 37.8 Å². The number of nitrogens with one attached hydrogen (secondary N) is 1. The number of rotatable bonds is 4. The molecule has 0 aliphatic heterocycles. The van der Waals surface area contributed by atoms with Crippen molar-refractivity contribution in [1.29, 1.82) is 0 Å². The Hall–Kier alpha value is -2.63. The summed E-state index contributed by atoms with van der Waals surface area (Å²) in [5, 5.41) is 12.9. The molecule has 24 heavy (non-hydrogen) atoms. The fourth-order valence-corrected chi connectivity index (χ4v) is 2.69. The van der Waals surface area contributed by atoms with E-state index >= 15 is 0 Å². The van der Waals surface area contributed by atoms with Crippen LogP contribution in [0.4, 0.5) is 18.9 Å². The molecule has 6 heteroatoms. The smallest absolute Gasteiger partial charge is 0.378 e. The zero-order chi connectivity index (χ0) is 17.2. The number of halogens is 3. The molecule has 0 amide bonds. The van der Waals surface area contributed by atoms with E-state index in [1.165, 1.54) is 12.1 Å². The van der Waals surface area contributed by atoms with Crippen LogP contribution in [0, 0.1) is 0 Å². The molecule has 0 aliphatic rings. The lowest BCUT2D eigenvalue weighted by molar-refractivity contribution is -0.137. The lowest BCUT2D eigenvalue weighted by atomic mass is 10.0. The highest BCUT2D eigenvalue weighted by Gasteiger charge is 2.30. The third-order valence-corrected chi connectivity index (χ3v) is 3.94. The first kappa shape index (κ1) is 16.2. The van der Waals surface area contributed by atoms with Crippen LogP contribution in [0.1, 0.15) is 30.5 Å². The summed E-state index contributed by atoms with van der Waals surface area (Å²) in [6.45, 7) is 1.93. The van der Waals surface area contributed by atoms with E-state index in [0.717, 1.165) is 22.5 Å². The lowest BCUT2D eigenvalue weighted by Gasteiger charge is -2.21. The minimum Gasteiger partial charge on any atom is -0.378 e. The SMILES string of the molecule is CCC(Nc1cccc2cnncc12)c1cccc(C(F)(F)F)c1. The van der Waals surface area contributed by atoms with Crippen molar-refractivity contribution in [3.8, 4) is 0 Å². The molecule has 124 valence electrons. The van der Waals surface area contributed by atoms with Gasteiger partial charge >= 0.3 is 6.18 Å². The molecular formula is C18H16F3N3. The first-order chi connectivity index (χ1) is 11.5. The van der Waals surface area contributed by atoms with Crippen LogP contribution in [0.15, 0.2) is 54.9 Å². The number of aromatic nitrogens is 2. The minimum atomic E-state index is -4.34. The van der Waals surface area contributed by atoms with Gasteiger partial charge in [-0.2, -0.15) is 23.4 Å². The summed E-state index contributed by atoms with van der Waals surface area (Å²) in [4.78, 5) is 0. The van der Waals surface area contributed by atoms with E-state index in [1.54, 1.807) is 18.5 Å². The Morgan fingerprint density at radius 1 is 1.04 bits per heavy atom. The Morgan fingerprint density at radius 2 is 1.79 bits per heavy atom. The minimum absolute atomic E-state index is 0.230. The van der Waals surface area contributed by atoms with Crippen LogP contribution in [-0.2, 0) is 6.18 Å². The van der Waals surface area contributed by atoms with Crippen molar-refractivity contribution in [2.75, 3.05) is 5.32 Å². The number of fused-ring (bicyclic) bond motifs is 1. The molecular weight excluding hydrogens is 315 g/mol. The largest absolute Gasteiger partial charge is 0.416 e. The highest BCUT2D eigenvalue weighted by atomic mass is 19.4. The standard InChI is InChI=1S/C18H16F3N3/c1-2-16(12-5-3-7-14(9-12)18(19,20)21)24-17-8-4-6-13-10-22-23-11-15(13)17/h3-11,16,24H,2H2,1H3. The van der Waals surface area contributed by atoms with Crippen molar-refractivity contribution in [2.45, 2.75) is 25.6 Å². The molecule has 0 saturated carbocycles. The molecule has 1 N–H and O–H groups in total. The summed E-state index contributed by atoms with van der Waals surface area (Å²) in [5.41, 5.74) is 0.794. The van der Waals surface area contributed by atoms with Gasteiger partial charge in [-0.1, -0.05) is 31.2 Å². The normalized spacial score (nSPS) is 13.0. The summed E-state index contributed by atoms with van der Waals surface area (Å²) in [6.07, 6.45) is -0.387. The van der Waals surface area contributed by atoms with E-state index in [2.05, 4.69) is 15.5 Å². The van der Waals surface area contributed by atoms with E-state index in [1.807, 2.05) is 25.1 Å². The molecule has 0 bridgehead atoms. The van der Waals surface area contributed by atoms with Crippen molar-refractivity contribution >= 4 is 16.5 Å². The number of nitrogens with zero attached hydrogens (tertiary/aromatic N) is 2. The molecule has 0 spiro atoms. The van der Waals surface area contributed by atoms with E-state index in [9.17, 15) is 13.2 Å². The highest BCUT2D eigenvalue weighted by molar-refractivity contribution is 5.92. The third-order valence-electron chi connectivity index (χ3n) is 3.94. The van der Waals surface area contributed by atoms with Gasteiger partial charge in [-0.05, 0) is 30.2 Å². The molecule has 3 nitrogen and oxygen atoms in total. The van der Waals surface area contributed by atoms with Gasteiger partial charge in [0, 0.05) is 16.5 Å². The average molecular weight is 331 g/mol. The summed E-state index contributed by atoms with van der Waals surface area (Å²) in [5.74, 6) is 0. The van der Waals surface area contributed by atoms with Gasteiger partial charge in [0.15, 0.2) is 0 Å². The predicted octanol–water partition coefficient (Wildman–Crippen LogP) is 5.21. The Bertz CT molecular complexity index is 841. The molecule has 1 aromatic heterocycles. The second-order valence-electron chi connectivity index (χ2n) is 5.53. The summed E-state index contributed by atoms with van der Waals surface area (Å²) < 4.78 is 38.8. The van der Waals surface area contributed by atoms with Crippen molar-refractivity contribution in [3.05, 3.63) is 66.0 Å². The highest BCUT2D eigenvalue weighted by Crippen LogP contribution is 2.33. The second-order valence-corrected chi connectivity index (χ2v) is 5.53. The molecule has 2 aromatic carbocycles. The van der Waals surface area contributed by atoms with Crippen LogP contribution in [0.5, 0.6) is 0 Å². The molecule has 3 aromatic rings. The fraction of sp³-hybridized carbons (Fsp3) is 0.222. The van der Waals surface area contributed by atoms with Crippen LogP contribution >= 0.6 is 0 Å². The van der Waals surface area contributed by atoms with Crippen LogP contribution < -0.4 is 5.32 Å². The van der Waals surface area contributed by atoms with Crippen LogP contribution in [0.3, 0.4) is 0 Å². The molecule has 3 rings (SSSR count). The molecule has 0 radical (unpaired) electrons. The predicted molar refractivity (Wildman–Crippen MR) is 87.6 cm³/mol. The molecule has 0 aliphatic carbocycles. The molecule has 1 heterocycles. The Kier molecular flexibility index (Phi) is 4.38. The van der Waals surface area contributed by atoms with Crippen LogP contribution in [0.25, 0.3) is 10.8 Å². The number of hydrogen-bond acceptors (Lipinski definition) is 3. The van der Waals surface area contributed by atoms with Gasteiger partial charge in [0.25, 0.3) is 0 Å². The van der Waals surface area contributed by atoms with Gasteiger partial charge in [0.05, 0.1) is 24.0 Å². The van der Waals surface area contributed by atoms with Crippen molar-refractivity contribution < 1.29 is 13.2 Å². The van der Waals surface area contributed by atoms with Crippen LogP contribution in [-0.4, -0.2) is 10.2 Å². The van der Waals surface area contributed by atoms with E-state index < -0.39 is 11.7 Å². The number of anilines is 1. The fourth-order valence-electron chi connectivity index (χ4n) is 2.69. The number of benzene rings is 2. The van der Waals surface area contributed by atoms with Crippen molar-refractivity contribution in [3.63, 3.8) is 0 Å². The molecule has 1 unspecified atom stereocenters. The molecule has 0 fully saturated rings. The van der Waals surface area contributed by atoms with Crippen molar-refractivity contribution in [1.82, 2.24) is 10.2 Å². The Labute approximate surface area is 137 Å². The Balaban J connectivity index is 1.95. The first-order valence-corrected chi connectivity index (χ1v) is 7.62. The van der Waals surface area contributed by atoms with Crippen molar-refractivity contribution in [2.24, 2.45) is 0 Å². The summed E-state index contributed by atoms with van der Waals surface area (Å²) in [7, 11) is 0. The second kappa shape index (κ2) is 6.47. The maximum Gasteiger partial charge on any atom is 0.416 e. The summed E-state index contributed by atoms with van der Waals surface area (Å²) in [6, 6.07) is 10.9. The van der Waals surface area contributed by atoms with Gasteiger partial charge in [-0.15, -0.1) is 0 Å². The maximum absolute atomic E-state index is 12.9. The van der Waals surface area contributed by atoms with Gasteiger partial charge in [-0.25, -0.2) is 0 Å². The van der Waals surface area contributed by atoms with Gasteiger partial charge in [0.2, 0.25) is 0 Å². The Morgan fingerprint density at radius 3 is 2.54 bits per heavy atom. The molecule has 1 atom stereocenters. The van der Waals surface area contributed by atoms with E-state index in [-0.39, 0.29) is 6.04 Å². The lowest BCUT2D eigenvalue weighted by Crippen LogP contribution is -2.12. The third kappa shape index (κ3) is 3.32. The maximum atomic E-state index is 12.9. The number of alkyl halides is 3. The molecule has 0 saturated heterocycles. The first-order valence-electron chi connectivity index (χ1n) is 7.62. The van der Waals surface area contributed by atoms with Crippen LogP contribution in [0.2, 0.25) is 0 Å². The van der Waals surface area contributed by atoms with E-state index in [4.69, 9.17) is 0 Å². The van der Waals surface area contributed by atoms with Gasteiger partial charge < -0.3 is 5.32 Å². The number of hydrogen-bond donors (Lipinski definition) is 1. The van der Waals surface area contributed by atoms with Gasteiger partial charge in [-0.3, -0.25) is 0 Å².